The molecule has 6 nitrogen and oxygen atoms in total. The Morgan fingerprint density at radius 1 is 1.33 bits per heavy atom. The summed E-state index contributed by atoms with van der Waals surface area (Å²) in [7, 11) is 3.48. The van der Waals surface area contributed by atoms with Gasteiger partial charge in [-0.2, -0.15) is 0 Å². The average molecular weight is 310 g/mol. The van der Waals surface area contributed by atoms with Gasteiger partial charge in [0.15, 0.2) is 5.82 Å². The summed E-state index contributed by atoms with van der Waals surface area (Å²) in [6.45, 7) is 0.430. The molecule has 0 N–H and O–H groups in total. The van der Waals surface area contributed by atoms with Crippen molar-refractivity contribution >= 4 is 21.7 Å². The lowest BCUT2D eigenvalue weighted by Gasteiger charge is -2.16. The maximum absolute atomic E-state index is 11.9. The van der Waals surface area contributed by atoms with E-state index in [0.29, 0.717) is 18.2 Å². The van der Waals surface area contributed by atoms with Gasteiger partial charge in [0.05, 0.1) is 11.0 Å². The molecule has 7 heteroatoms. The molecule has 0 fully saturated rings. The SMILES string of the molecule is CN(Cc1ncc(Br)cn1)c1nccn(C)c1=O. The molecule has 18 heavy (non-hydrogen) atoms. The zero-order chi connectivity index (χ0) is 13.1. The van der Waals surface area contributed by atoms with Crippen molar-refractivity contribution in [2.45, 2.75) is 6.54 Å². The van der Waals surface area contributed by atoms with Gasteiger partial charge in [0.25, 0.3) is 5.56 Å². The van der Waals surface area contributed by atoms with Crippen LogP contribution in [0.4, 0.5) is 5.82 Å². The molecule has 0 saturated carbocycles. The number of halogens is 1. The minimum Gasteiger partial charge on any atom is -0.348 e. The molecule has 0 aliphatic rings. The van der Waals surface area contributed by atoms with Crippen LogP contribution in [0.1, 0.15) is 5.82 Å². The van der Waals surface area contributed by atoms with Crippen LogP contribution in [0.2, 0.25) is 0 Å². The van der Waals surface area contributed by atoms with Crippen LogP contribution in [0.15, 0.2) is 34.1 Å². The van der Waals surface area contributed by atoms with Gasteiger partial charge in [0, 0.05) is 38.9 Å². The highest BCUT2D eigenvalue weighted by Gasteiger charge is 2.10. The molecule has 0 bridgehead atoms. The first-order valence-electron chi connectivity index (χ1n) is 5.27. The summed E-state index contributed by atoms with van der Waals surface area (Å²) in [5.74, 6) is 1.01. The number of aromatic nitrogens is 4. The minimum atomic E-state index is -0.142. The van der Waals surface area contributed by atoms with Crippen LogP contribution in [0.3, 0.4) is 0 Å². The molecule has 0 amide bonds. The van der Waals surface area contributed by atoms with Crippen LogP contribution < -0.4 is 10.5 Å². The predicted octanol–water partition coefficient (Wildman–Crippen LogP) is 0.969. The molecule has 2 heterocycles. The molecule has 0 saturated heterocycles. The molecule has 0 spiro atoms. The van der Waals surface area contributed by atoms with Crippen molar-refractivity contribution in [3.8, 4) is 0 Å². The Kier molecular flexibility index (Phi) is 3.71. The van der Waals surface area contributed by atoms with Crippen molar-refractivity contribution < 1.29 is 0 Å². The zero-order valence-electron chi connectivity index (χ0n) is 10.0. The lowest BCUT2D eigenvalue weighted by atomic mass is 10.4. The van der Waals surface area contributed by atoms with E-state index in [1.54, 1.807) is 43.8 Å². The molecule has 0 unspecified atom stereocenters. The third-order valence-electron chi connectivity index (χ3n) is 2.41. The standard InChI is InChI=1S/C11H12BrN5O/c1-16-4-3-13-10(11(16)18)17(2)7-9-14-5-8(12)6-15-9/h3-6H,7H2,1-2H3. The second-order valence-electron chi connectivity index (χ2n) is 3.84. The van der Waals surface area contributed by atoms with E-state index >= 15 is 0 Å². The van der Waals surface area contributed by atoms with E-state index in [0.717, 1.165) is 4.47 Å². The molecular formula is C11H12BrN5O. The summed E-state index contributed by atoms with van der Waals surface area (Å²) in [5, 5.41) is 0. The number of aryl methyl sites for hydroxylation is 1. The monoisotopic (exact) mass is 309 g/mol. The van der Waals surface area contributed by atoms with Gasteiger partial charge in [-0.15, -0.1) is 0 Å². The smallest absolute Gasteiger partial charge is 0.293 e. The Bertz CT molecular complexity index is 595. The highest BCUT2D eigenvalue weighted by Crippen LogP contribution is 2.07. The van der Waals surface area contributed by atoms with Gasteiger partial charge in [-0.05, 0) is 15.9 Å². The Balaban J connectivity index is 2.22. The molecule has 0 atom stereocenters. The van der Waals surface area contributed by atoms with Crippen LogP contribution >= 0.6 is 15.9 Å². The van der Waals surface area contributed by atoms with Crippen molar-refractivity contribution in [1.29, 1.82) is 0 Å². The third-order valence-corrected chi connectivity index (χ3v) is 2.82. The minimum absolute atomic E-state index is 0.142. The molecule has 2 aromatic heterocycles. The average Bonchev–Trinajstić information content (AvgIpc) is 2.35. The third kappa shape index (κ3) is 2.73. The van der Waals surface area contributed by atoms with Crippen molar-refractivity contribution in [3.63, 3.8) is 0 Å². The molecule has 0 aromatic carbocycles. The highest BCUT2D eigenvalue weighted by molar-refractivity contribution is 9.10. The maximum Gasteiger partial charge on any atom is 0.293 e. The molecule has 94 valence electrons. The fourth-order valence-corrected chi connectivity index (χ4v) is 1.66. The second kappa shape index (κ2) is 5.26. The lowest BCUT2D eigenvalue weighted by Crippen LogP contribution is -2.29. The summed E-state index contributed by atoms with van der Waals surface area (Å²) in [4.78, 5) is 26.0. The molecule has 0 radical (unpaired) electrons. The second-order valence-corrected chi connectivity index (χ2v) is 4.76. The van der Waals surface area contributed by atoms with Gasteiger partial charge in [-0.25, -0.2) is 15.0 Å². The number of anilines is 1. The number of hydrogen-bond acceptors (Lipinski definition) is 5. The lowest BCUT2D eigenvalue weighted by molar-refractivity contribution is 0.778. The molecule has 2 aromatic rings. The highest BCUT2D eigenvalue weighted by atomic mass is 79.9. The molecule has 0 aliphatic heterocycles. The van der Waals surface area contributed by atoms with E-state index in [1.807, 2.05) is 0 Å². The fourth-order valence-electron chi connectivity index (χ4n) is 1.45. The van der Waals surface area contributed by atoms with Crippen molar-refractivity contribution in [1.82, 2.24) is 19.5 Å². The van der Waals surface area contributed by atoms with Crippen molar-refractivity contribution in [3.05, 3.63) is 45.4 Å². The van der Waals surface area contributed by atoms with Crippen molar-refractivity contribution in [2.24, 2.45) is 7.05 Å². The maximum atomic E-state index is 11.9. The Hall–Kier alpha value is -1.76. The van der Waals surface area contributed by atoms with Gasteiger partial charge in [-0.1, -0.05) is 0 Å². The van der Waals surface area contributed by atoms with Gasteiger partial charge >= 0.3 is 0 Å². The molecule has 0 aliphatic carbocycles. The summed E-state index contributed by atoms with van der Waals surface area (Å²) in [6, 6.07) is 0. The number of hydrogen-bond donors (Lipinski definition) is 0. The van der Waals surface area contributed by atoms with Crippen LogP contribution in [-0.2, 0) is 13.6 Å². The van der Waals surface area contributed by atoms with Gasteiger partial charge in [0.1, 0.15) is 5.82 Å². The normalized spacial score (nSPS) is 10.4. The Morgan fingerprint density at radius 3 is 2.67 bits per heavy atom. The molecular weight excluding hydrogens is 298 g/mol. The van der Waals surface area contributed by atoms with E-state index in [4.69, 9.17) is 0 Å². The Morgan fingerprint density at radius 2 is 2.00 bits per heavy atom. The predicted molar refractivity (Wildman–Crippen MR) is 71.3 cm³/mol. The summed E-state index contributed by atoms with van der Waals surface area (Å²) >= 11 is 3.27. The van der Waals surface area contributed by atoms with E-state index in [2.05, 4.69) is 30.9 Å². The zero-order valence-corrected chi connectivity index (χ0v) is 11.6. The topological polar surface area (TPSA) is 63.9 Å². The fraction of sp³-hybridized carbons (Fsp3) is 0.273. The van der Waals surface area contributed by atoms with Crippen LogP contribution in [0.5, 0.6) is 0 Å². The van der Waals surface area contributed by atoms with Crippen LogP contribution in [0.25, 0.3) is 0 Å². The van der Waals surface area contributed by atoms with E-state index in [1.165, 1.54) is 4.57 Å². The van der Waals surface area contributed by atoms with Crippen molar-refractivity contribution in [2.75, 3.05) is 11.9 Å². The first-order valence-corrected chi connectivity index (χ1v) is 6.06. The van der Waals surface area contributed by atoms with Gasteiger partial charge in [-0.3, -0.25) is 4.79 Å². The van der Waals surface area contributed by atoms with E-state index in [-0.39, 0.29) is 5.56 Å². The first-order chi connectivity index (χ1) is 8.58. The first kappa shape index (κ1) is 12.7. The number of rotatable bonds is 3. The number of nitrogens with zero attached hydrogens (tertiary/aromatic N) is 5. The largest absolute Gasteiger partial charge is 0.348 e. The summed E-state index contributed by atoms with van der Waals surface area (Å²) in [6.07, 6.45) is 6.56. The van der Waals surface area contributed by atoms with Crippen LogP contribution in [0, 0.1) is 0 Å². The summed E-state index contributed by atoms with van der Waals surface area (Å²) < 4.78 is 2.31. The van der Waals surface area contributed by atoms with Crippen LogP contribution in [-0.4, -0.2) is 26.6 Å². The quantitative estimate of drug-likeness (QED) is 0.845. The molecule has 2 rings (SSSR count). The van der Waals surface area contributed by atoms with E-state index < -0.39 is 0 Å². The Labute approximate surface area is 112 Å². The van der Waals surface area contributed by atoms with Gasteiger partial charge < -0.3 is 9.47 Å². The van der Waals surface area contributed by atoms with Gasteiger partial charge in [0.2, 0.25) is 0 Å². The summed E-state index contributed by atoms with van der Waals surface area (Å²) in [5.41, 5.74) is -0.142. The van der Waals surface area contributed by atoms with E-state index in [9.17, 15) is 4.79 Å².